The van der Waals surface area contributed by atoms with Gasteiger partial charge in [-0.1, -0.05) is 31.8 Å². The Bertz CT molecular complexity index is 555. The van der Waals surface area contributed by atoms with Crippen molar-refractivity contribution in [2.45, 2.75) is 53.0 Å². The van der Waals surface area contributed by atoms with Crippen molar-refractivity contribution in [1.29, 1.82) is 0 Å². The molecule has 0 spiro atoms. The van der Waals surface area contributed by atoms with E-state index in [4.69, 9.17) is 9.52 Å². The third-order valence-corrected chi connectivity index (χ3v) is 5.98. The highest BCUT2D eigenvalue weighted by atomic mass is 16.5. The molecule has 1 aromatic rings. The fourth-order valence-corrected chi connectivity index (χ4v) is 4.21. The molecule has 2 fully saturated rings. The predicted octanol–water partition coefficient (Wildman–Crippen LogP) is 2.97. The monoisotopic (exact) mass is 361 g/mol. The van der Waals surface area contributed by atoms with Crippen LogP contribution in [0, 0.1) is 11.3 Å². The van der Waals surface area contributed by atoms with Gasteiger partial charge in [-0.2, -0.15) is 0 Å². The number of guanidine groups is 1. The van der Waals surface area contributed by atoms with Crippen LogP contribution in [-0.4, -0.2) is 60.2 Å². The number of aliphatic imine (C=N–C) groups is 1. The Morgan fingerprint density at radius 3 is 2.62 bits per heavy atom. The van der Waals surface area contributed by atoms with Gasteiger partial charge in [-0.15, -0.1) is 0 Å². The van der Waals surface area contributed by atoms with E-state index >= 15 is 0 Å². The zero-order valence-electron chi connectivity index (χ0n) is 16.7. The molecule has 0 atom stereocenters. The summed E-state index contributed by atoms with van der Waals surface area (Å²) in [7, 11) is 0. The second-order valence-corrected chi connectivity index (χ2v) is 8.39. The first-order chi connectivity index (χ1) is 12.6. The summed E-state index contributed by atoms with van der Waals surface area (Å²) in [4.78, 5) is 9.88. The fraction of sp³-hybridized carbons (Fsp3) is 0.800. The first kappa shape index (κ1) is 19.2. The maximum atomic E-state index is 5.04. The van der Waals surface area contributed by atoms with Gasteiger partial charge in [0.1, 0.15) is 6.26 Å². The molecule has 1 saturated heterocycles. The van der Waals surface area contributed by atoms with Gasteiger partial charge in [-0.05, 0) is 31.1 Å². The summed E-state index contributed by atoms with van der Waals surface area (Å²) in [6, 6.07) is 1.95. The normalized spacial score (nSPS) is 20.7. The molecule has 0 amide bonds. The molecule has 1 saturated carbocycles. The molecule has 6 heteroatoms. The second-order valence-electron chi connectivity index (χ2n) is 8.39. The molecule has 3 rings (SSSR count). The van der Waals surface area contributed by atoms with Crippen molar-refractivity contribution in [3.8, 4) is 0 Å². The third-order valence-electron chi connectivity index (χ3n) is 5.98. The Kier molecular flexibility index (Phi) is 6.57. The van der Waals surface area contributed by atoms with Crippen molar-refractivity contribution in [3.63, 3.8) is 0 Å². The van der Waals surface area contributed by atoms with Gasteiger partial charge in [-0.3, -0.25) is 9.89 Å². The van der Waals surface area contributed by atoms with Crippen LogP contribution in [0.2, 0.25) is 0 Å². The molecule has 0 unspecified atom stereocenters. The molecule has 2 aliphatic rings. The third kappa shape index (κ3) is 5.00. The van der Waals surface area contributed by atoms with Gasteiger partial charge >= 0.3 is 0 Å². The number of nitrogens with one attached hydrogen (secondary N) is 1. The van der Waals surface area contributed by atoms with E-state index < -0.39 is 0 Å². The lowest BCUT2D eigenvalue weighted by Gasteiger charge is -2.37. The lowest BCUT2D eigenvalue weighted by molar-refractivity contribution is 0.168. The smallest absolute Gasteiger partial charge is 0.194 e. The summed E-state index contributed by atoms with van der Waals surface area (Å²) in [5.41, 5.74) is 1.31. The van der Waals surface area contributed by atoms with E-state index in [9.17, 15) is 0 Å². The Hall–Kier alpha value is -1.56. The average Bonchev–Trinajstić information content (AvgIpc) is 3.33. The van der Waals surface area contributed by atoms with Crippen molar-refractivity contribution >= 4 is 5.96 Å². The van der Waals surface area contributed by atoms with Gasteiger partial charge in [0, 0.05) is 51.9 Å². The molecule has 0 aromatic carbocycles. The summed E-state index contributed by atoms with van der Waals surface area (Å²) in [5.74, 6) is 1.91. The minimum atomic E-state index is 0.298. The second kappa shape index (κ2) is 8.89. The molecule has 1 N–H and O–H groups in total. The fourth-order valence-electron chi connectivity index (χ4n) is 4.21. The highest BCUT2D eigenvalue weighted by molar-refractivity contribution is 5.80. The van der Waals surface area contributed by atoms with E-state index in [-0.39, 0.29) is 0 Å². The van der Waals surface area contributed by atoms with E-state index in [1.807, 2.05) is 6.07 Å². The van der Waals surface area contributed by atoms with Gasteiger partial charge in [0.25, 0.3) is 0 Å². The van der Waals surface area contributed by atoms with Crippen molar-refractivity contribution in [3.05, 3.63) is 18.0 Å². The van der Waals surface area contributed by atoms with Gasteiger partial charge in [-0.25, -0.2) is 0 Å². The number of hydrogen-bond acceptors (Lipinski definition) is 4. The number of hydrogen-bond donors (Lipinski definition) is 1. The molecule has 26 heavy (non-hydrogen) atoms. The zero-order chi connectivity index (χ0) is 18.4. The van der Waals surface area contributed by atoms with Crippen LogP contribution >= 0.6 is 0 Å². The molecular formula is C20H35N5O. The summed E-state index contributed by atoms with van der Waals surface area (Å²) >= 11 is 0. The van der Waals surface area contributed by atoms with Crippen LogP contribution in [0.4, 0.5) is 0 Å². The minimum Gasteiger partial charge on any atom is -0.364 e. The lowest BCUT2D eigenvalue weighted by Crippen LogP contribution is -2.52. The molecular weight excluding hydrogens is 326 g/mol. The maximum Gasteiger partial charge on any atom is 0.194 e. The standard InChI is InChI=1S/C20H35N5O/c1-4-21-19(22-16-20(2,3)17-7-5-6-8-17)25-12-10-24(11-13-25)15-18-9-14-26-23-18/h9,14,17H,4-8,10-13,15-16H2,1-3H3,(H,21,22). The highest BCUT2D eigenvalue weighted by Gasteiger charge is 2.32. The molecule has 1 aromatic heterocycles. The quantitative estimate of drug-likeness (QED) is 0.623. The number of nitrogens with zero attached hydrogens (tertiary/aromatic N) is 4. The first-order valence-corrected chi connectivity index (χ1v) is 10.2. The van der Waals surface area contributed by atoms with Gasteiger partial charge in [0.2, 0.25) is 0 Å². The molecule has 1 aliphatic carbocycles. The first-order valence-electron chi connectivity index (χ1n) is 10.2. The molecule has 2 heterocycles. The molecule has 146 valence electrons. The van der Waals surface area contributed by atoms with E-state index in [0.29, 0.717) is 5.41 Å². The maximum absolute atomic E-state index is 5.04. The van der Waals surface area contributed by atoms with Gasteiger partial charge in [0.05, 0.1) is 5.69 Å². The van der Waals surface area contributed by atoms with Crippen molar-refractivity contribution in [2.75, 3.05) is 39.3 Å². The van der Waals surface area contributed by atoms with Crippen LogP contribution in [-0.2, 0) is 6.54 Å². The van der Waals surface area contributed by atoms with E-state index in [1.165, 1.54) is 25.7 Å². The number of aromatic nitrogens is 1. The molecule has 0 radical (unpaired) electrons. The van der Waals surface area contributed by atoms with E-state index in [2.05, 4.69) is 41.0 Å². The Morgan fingerprint density at radius 2 is 2.00 bits per heavy atom. The van der Waals surface area contributed by atoms with Crippen LogP contribution in [0.5, 0.6) is 0 Å². The Morgan fingerprint density at radius 1 is 1.27 bits per heavy atom. The Labute approximate surface area is 158 Å². The lowest BCUT2D eigenvalue weighted by atomic mass is 9.78. The van der Waals surface area contributed by atoms with Crippen LogP contribution in [0.15, 0.2) is 21.8 Å². The summed E-state index contributed by atoms with van der Waals surface area (Å²) in [6.07, 6.45) is 7.18. The van der Waals surface area contributed by atoms with Crippen LogP contribution < -0.4 is 5.32 Å². The minimum absolute atomic E-state index is 0.298. The van der Waals surface area contributed by atoms with Gasteiger partial charge in [0.15, 0.2) is 5.96 Å². The van der Waals surface area contributed by atoms with Crippen molar-refractivity contribution in [2.24, 2.45) is 16.3 Å². The molecule has 1 aliphatic heterocycles. The van der Waals surface area contributed by atoms with Gasteiger partial charge < -0.3 is 14.7 Å². The van der Waals surface area contributed by atoms with E-state index in [0.717, 1.165) is 63.4 Å². The molecule has 0 bridgehead atoms. The highest BCUT2D eigenvalue weighted by Crippen LogP contribution is 2.39. The average molecular weight is 362 g/mol. The summed E-state index contributed by atoms with van der Waals surface area (Å²) in [6.45, 7) is 13.7. The number of piperazine rings is 1. The topological polar surface area (TPSA) is 56.9 Å². The van der Waals surface area contributed by atoms with Crippen molar-refractivity contribution < 1.29 is 4.52 Å². The number of rotatable bonds is 6. The van der Waals surface area contributed by atoms with Crippen molar-refractivity contribution in [1.82, 2.24) is 20.3 Å². The van der Waals surface area contributed by atoms with Crippen LogP contribution in [0.1, 0.15) is 52.1 Å². The van der Waals surface area contributed by atoms with Crippen LogP contribution in [0.25, 0.3) is 0 Å². The summed E-state index contributed by atoms with van der Waals surface area (Å²) in [5, 5.41) is 7.53. The zero-order valence-corrected chi connectivity index (χ0v) is 16.7. The Balaban J connectivity index is 1.54. The van der Waals surface area contributed by atoms with E-state index in [1.54, 1.807) is 6.26 Å². The predicted molar refractivity (Wildman–Crippen MR) is 105 cm³/mol. The summed E-state index contributed by atoms with van der Waals surface area (Å²) < 4.78 is 4.94. The molecule has 6 nitrogen and oxygen atoms in total. The largest absolute Gasteiger partial charge is 0.364 e. The van der Waals surface area contributed by atoms with Crippen LogP contribution in [0.3, 0.4) is 0 Å². The SMILES string of the molecule is CCNC(=NCC(C)(C)C1CCCC1)N1CCN(Cc2ccon2)CC1.